The molecule has 0 N–H and O–H groups in total. The van der Waals surface area contributed by atoms with E-state index in [-0.39, 0.29) is 12.1 Å². The minimum absolute atomic E-state index is 0.0861. The summed E-state index contributed by atoms with van der Waals surface area (Å²) in [5, 5.41) is 0.578. The van der Waals surface area contributed by atoms with Crippen molar-refractivity contribution >= 4 is 27.5 Å². The minimum atomic E-state index is -0.398. The summed E-state index contributed by atoms with van der Waals surface area (Å²) >= 11 is 1.52. The number of hydrogen-bond donors (Lipinski definition) is 0. The van der Waals surface area contributed by atoms with E-state index in [1.807, 2.05) is 13.0 Å². The van der Waals surface area contributed by atoms with Crippen molar-refractivity contribution in [3.63, 3.8) is 0 Å². The number of fused-ring (bicyclic) bond motifs is 1. The number of carbonyl (C=O) groups is 1. The van der Waals surface area contributed by atoms with Crippen LogP contribution in [0.1, 0.15) is 32.1 Å². The van der Waals surface area contributed by atoms with Crippen LogP contribution >= 0.6 is 11.3 Å². The molecule has 0 aliphatic heterocycles. The third kappa shape index (κ3) is 3.91. The van der Waals surface area contributed by atoms with Crippen LogP contribution in [0, 0.1) is 5.92 Å². The van der Waals surface area contributed by atoms with Gasteiger partial charge >= 0.3 is 5.97 Å². The van der Waals surface area contributed by atoms with Gasteiger partial charge in [-0.15, -0.1) is 11.3 Å². The first kappa shape index (κ1) is 15.7. The molecule has 0 unspecified atom stereocenters. The zero-order valence-electron chi connectivity index (χ0n) is 12.6. The lowest BCUT2D eigenvalue weighted by Gasteiger charge is -2.08. The maximum atomic E-state index is 12.3. The first-order chi connectivity index (χ1) is 10.0. The summed E-state index contributed by atoms with van der Waals surface area (Å²) in [5.41, 5.74) is -0.184. The number of aryl methyl sites for hydroxylation is 1. The lowest BCUT2D eigenvalue weighted by Crippen LogP contribution is -2.25. The fourth-order valence-corrected chi connectivity index (χ4v) is 2.82. The first-order valence-corrected chi connectivity index (χ1v) is 7.96. The fraction of sp³-hybridized carbons (Fsp3) is 0.533. The molecular weight excluding hydrogens is 288 g/mol. The van der Waals surface area contributed by atoms with E-state index >= 15 is 0 Å². The number of esters is 1. The highest BCUT2D eigenvalue weighted by molar-refractivity contribution is 7.18. The SMILES string of the molecule is CCc1cc2c(=O)n(CC(=O)OCCC(C)C)cnc2s1. The van der Waals surface area contributed by atoms with Gasteiger partial charge in [0.15, 0.2) is 0 Å². The molecule has 0 amide bonds. The highest BCUT2D eigenvalue weighted by atomic mass is 32.1. The van der Waals surface area contributed by atoms with Gasteiger partial charge in [0.2, 0.25) is 0 Å². The molecule has 114 valence electrons. The Morgan fingerprint density at radius 3 is 2.90 bits per heavy atom. The summed E-state index contributed by atoms with van der Waals surface area (Å²) < 4.78 is 6.44. The molecule has 0 saturated heterocycles. The van der Waals surface area contributed by atoms with Crippen LogP contribution in [0.2, 0.25) is 0 Å². The van der Waals surface area contributed by atoms with Gasteiger partial charge in [0.25, 0.3) is 5.56 Å². The Morgan fingerprint density at radius 2 is 2.24 bits per heavy atom. The zero-order valence-corrected chi connectivity index (χ0v) is 13.4. The number of thiophene rings is 1. The predicted molar refractivity (Wildman–Crippen MR) is 83.7 cm³/mol. The van der Waals surface area contributed by atoms with Crippen molar-refractivity contribution in [1.82, 2.24) is 9.55 Å². The zero-order chi connectivity index (χ0) is 15.4. The number of carbonyl (C=O) groups excluding carboxylic acids is 1. The molecule has 0 spiro atoms. The predicted octanol–water partition coefficient (Wildman–Crippen LogP) is 2.61. The molecule has 2 aromatic heterocycles. The van der Waals surface area contributed by atoms with Crippen molar-refractivity contribution in [1.29, 1.82) is 0 Å². The summed E-state index contributed by atoms with van der Waals surface area (Å²) in [5.74, 6) is 0.0849. The van der Waals surface area contributed by atoms with Crippen LogP contribution in [0.5, 0.6) is 0 Å². The van der Waals surface area contributed by atoms with Gasteiger partial charge in [-0.3, -0.25) is 14.2 Å². The molecule has 0 aliphatic carbocycles. The monoisotopic (exact) mass is 308 g/mol. The molecular formula is C15H20N2O3S. The van der Waals surface area contributed by atoms with Gasteiger partial charge in [-0.2, -0.15) is 0 Å². The highest BCUT2D eigenvalue weighted by Gasteiger charge is 2.11. The summed E-state index contributed by atoms with van der Waals surface area (Å²) in [6, 6.07) is 1.86. The van der Waals surface area contributed by atoms with E-state index in [1.165, 1.54) is 22.2 Å². The smallest absolute Gasteiger partial charge is 0.326 e. The molecule has 0 atom stereocenters. The molecule has 0 aromatic carbocycles. The molecule has 0 bridgehead atoms. The van der Waals surface area contributed by atoms with Gasteiger partial charge in [0.05, 0.1) is 18.3 Å². The van der Waals surface area contributed by atoms with Gasteiger partial charge in [0.1, 0.15) is 11.4 Å². The molecule has 6 heteroatoms. The van der Waals surface area contributed by atoms with Crippen LogP contribution in [-0.2, 0) is 22.5 Å². The number of aromatic nitrogens is 2. The molecule has 2 rings (SSSR count). The highest BCUT2D eigenvalue weighted by Crippen LogP contribution is 2.20. The summed E-state index contributed by atoms with van der Waals surface area (Å²) in [6.07, 6.45) is 3.12. The van der Waals surface area contributed by atoms with Crippen LogP contribution in [0.25, 0.3) is 10.2 Å². The fourth-order valence-electron chi connectivity index (χ4n) is 1.89. The van der Waals surface area contributed by atoms with Crippen molar-refractivity contribution in [3.8, 4) is 0 Å². The Kier molecular flexibility index (Phi) is 5.12. The lowest BCUT2D eigenvalue weighted by molar-refractivity contribution is -0.144. The van der Waals surface area contributed by atoms with E-state index in [4.69, 9.17) is 4.74 Å². The normalized spacial score (nSPS) is 11.2. The Hall–Kier alpha value is -1.69. The van der Waals surface area contributed by atoms with Crippen molar-refractivity contribution in [2.75, 3.05) is 6.61 Å². The van der Waals surface area contributed by atoms with Gasteiger partial charge in [0, 0.05) is 4.88 Å². The molecule has 0 saturated carbocycles. The molecule has 0 aliphatic rings. The second-order valence-corrected chi connectivity index (χ2v) is 6.48. The van der Waals surface area contributed by atoms with E-state index in [0.29, 0.717) is 17.9 Å². The molecule has 5 nitrogen and oxygen atoms in total. The van der Waals surface area contributed by atoms with Gasteiger partial charge in [-0.25, -0.2) is 4.98 Å². The number of ether oxygens (including phenoxy) is 1. The van der Waals surface area contributed by atoms with Crippen LogP contribution in [0.15, 0.2) is 17.2 Å². The van der Waals surface area contributed by atoms with Gasteiger partial charge in [-0.1, -0.05) is 20.8 Å². The van der Waals surface area contributed by atoms with E-state index in [9.17, 15) is 9.59 Å². The van der Waals surface area contributed by atoms with Crippen LogP contribution in [0.4, 0.5) is 0 Å². The van der Waals surface area contributed by atoms with Crippen molar-refractivity contribution in [2.24, 2.45) is 5.92 Å². The topological polar surface area (TPSA) is 61.2 Å². The second kappa shape index (κ2) is 6.85. The summed E-state index contributed by atoms with van der Waals surface area (Å²) in [4.78, 5) is 30.1. The molecule has 2 heterocycles. The number of nitrogens with zero attached hydrogens (tertiary/aromatic N) is 2. The average Bonchev–Trinajstić information content (AvgIpc) is 2.85. The van der Waals surface area contributed by atoms with E-state index in [2.05, 4.69) is 18.8 Å². The van der Waals surface area contributed by atoms with Crippen LogP contribution in [-0.4, -0.2) is 22.1 Å². The number of rotatable bonds is 6. The van der Waals surface area contributed by atoms with Crippen molar-refractivity contribution < 1.29 is 9.53 Å². The average molecular weight is 308 g/mol. The third-order valence-electron chi connectivity index (χ3n) is 3.18. The largest absolute Gasteiger partial charge is 0.464 e. The minimum Gasteiger partial charge on any atom is -0.464 e. The van der Waals surface area contributed by atoms with Crippen LogP contribution in [0.3, 0.4) is 0 Å². The molecule has 2 aromatic rings. The van der Waals surface area contributed by atoms with Crippen molar-refractivity contribution in [2.45, 2.75) is 40.2 Å². The van der Waals surface area contributed by atoms with Crippen LogP contribution < -0.4 is 5.56 Å². The summed E-state index contributed by atoms with van der Waals surface area (Å²) in [7, 11) is 0. The maximum absolute atomic E-state index is 12.3. The second-order valence-electron chi connectivity index (χ2n) is 5.37. The van der Waals surface area contributed by atoms with Crippen molar-refractivity contribution in [3.05, 3.63) is 27.6 Å². The summed E-state index contributed by atoms with van der Waals surface area (Å²) in [6.45, 7) is 6.47. The van der Waals surface area contributed by atoms with Gasteiger partial charge in [-0.05, 0) is 24.8 Å². The molecule has 0 fully saturated rings. The lowest BCUT2D eigenvalue weighted by atomic mass is 10.1. The maximum Gasteiger partial charge on any atom is 0.326 e. The van der Waals surface area contributed by atoms with E-state index in [1.54, 1.807) is 0 Å². The Balaban J connectivity index is 2.10. The standard InChI is InChI=1S/C15H20N2O3S/c1-4-11-7-12-14(21-11)16-9-17(15(12)19)8-13(18)20-6-5-10(2)3/h7,9-10H,4-6,8H2,1-3H3. The van der Waals surface area contributed by atoms with E-state index < -0.39 is 5.97 Å². The third-order valence-corrected chi connectivity index (χ3v) is 4.36. The quantitative estimate of drug-likeness (QED) is 0.770. The number of hydrogen-bond acceptors (Lipinski definition) is 5. The van der Waals surface area contributed by atoms with E-state index in [0.717, 1.165) is 22.5 Å². The Bertz CT molecular complexity index is 688. The van der Waals surface area contributed by atoms with Gasteiger partial charge < -0.3 is 4.74 Å². The first-order valence-electron chi connectivity index (χ1n) is 7.14. The Labute approximate surface area is 127 Å². The molecule has 0 radical (unpaired) electrons. The molecule has 21 heavy (non-hydrogen) atoms. The Morgan fingerprint density at radius 1 is 1.48 bits per heavy atom.